The van der Waals surface area contributed by atoms with Crippen LogP contribution < -0.4 is 10.1 Å². The summed E-state index contributed by atoms with van der Waals surface area (Å²) in [4.78, 5) is 12.6. The van der Waals surface area contributed by atoms with Crippen LogP contribution in [0.25, 0.3) is 5.69 Å². The molecule has 3 aromatic rings. The first-order valence-electron chi connectivity index (χ1n) is 7.35. The number of hydrogen-bond donors (Lipinski definition) is 1. The van der Waals surface area contributed by atoms with E-state index >= 15 is 0 Å². The van der Waals surface area contributed by atoms with Crippen molar-refractivity contribution in [1.29, 1.82) is 0 Å². The van der Waals surface area contributed by atoms with Crippen LogP contribution in [0.2, 0.25) is 0 Å². The predicted octanol–water partition coefficient (Wildman–Crippen LogP) is 4.20. The van der Waals surface area contributed by atoms with Crippen LogP contribution in [-0.4, -0.2) is 22.8 Å². The highest BCUT2D eigenvalue weighted by Gasteiger charge is 2.19. The lowest BCUT2D eigenvalue weighted by Crippen LogP contribution is -2.15. The van der Waals surface area contributed by atoms with Gasteiger partial charge in [0.2, 0.25) is 0 Å². The first-order valence-corrected chi connectivity index (χ1v) is 8.14. The van der Waals surface area contributed by atoms with Crippen molar-refractivity contribution in [2.24, 2.45) is 0 Å². The number of amides is 1. The Morgan fingerprint density at radius 1 is 1.21 bits per heavy atom. The Balaban J connectivity index is 1.90. The van der Waals surface area contributed by atoms with E-state index in [2.05, 4.69) is 26.3 Å². The molecule has 0 saturated heterocycles. The maximum Gasteiger partial charge on any atom is 0.280 e. The van der Waals surface area contributed by atoms with E-state index in [0.29, 0.717) is 5.75 Å². The zero-order chi connectivity index (χ0) is 17.1. The smallest absolute Gasteiger partial charge is 0.280 e. The number of carbonyl (C=O) groups is 1. The van der Waals surface area contributed by atoms with Crippen LogP contribution in [0.3, 0.4) is 0 Å². The molecule has 1 heterocycles. The third-order valence-electron chi connectivity index (χ3n) is 3.57. The molecule has 24 heavy (non-hydrogen) atoms. The molecule has 122 valence electrons. The van der Waals surface area contributed by atoms with Gasteiger partial charge in [-0.2, -0.15) is 5.10 Å². The van der Waals surface area contributed by atoms with Gasteiger partial charge in [0.15, 0.2) is 11.4 Å². The minimum Gasteiger partial charge on any atom is -0.493 e. The van der Waals surface area contributed by atoms with Gasteiger partial charge in [0.1, 0.15) is 0 Å². The van der Waals surface area contributed by atoms with Gasteiger partial charge in [0, 0.05) is 10.2 Å². The number of hydrogen-bond acceptors (Lipinski definition) is 3. The first kappa shape index (κ1) is 16.3. The van der Waals surface area contributed by atoms with E-state index < -0.39 is 0 Å². The number of nitrogens with one attached hydrogen (secondary N) is 1. The van der Waals surface area contributed by atoms with Crippen LogP contribution in [0.15, 0.2) is 59.2 Å². The molecule has 0 atom stereocenters. The van der Waals surface area contributed by atoms with Gasteiger partial charge in [-0.1, -0.05) is 34.1 Å². The number of carbonyl (C=O) groups excluding carboxylic acids is 1. The van der Waals surface area contributed by atoms with Gasteiger partial charge < -0.3 is 10.1 Å². The Kier molecular flexibility index (Phi) is 4.66. The maximum absolute atomic E-state index is 12.6. The molecule has 0 bridgehead atoms. The number of aryl methyl sites for hydroxylation is 1. The fraction of sp³-hybridized carbons (Fsp3) is 0.111. The SMILES string of the molecule is COc1cn(-c2ccccc2)nc1C(=O)Nc1ccc(Br)cc1C. The second-order valence-corrected chi connectivity index (χ2v) is 6.16. The van der Waals surface area contributed by atoms with E-state index in [9.17, 15) is 4.79 Å². The molecule has 2 aromatic carbocycles. The minimum absolute atomic E-state index is 0.240. The van der Waals surface area contributed by atoms with E-state index in [1.165, 1.54) is 7.11 Å². The van der Waals surface area contributed by atoms with Crippen molar-refractivity contribution in [2.75, 3.05) is 12.4 Å². The number of nitrogens with zero attached hydrogens (tertiary/aromatic N) is 2. The molecule has 1 N–H and O–H groups in total. The Morgan fingerprint density at radius 2 is 1.96 bits per heavy atom. The van der Waals surface area contributed by atoms with Gasteiger partial charge in [0.05, 0.1) is 19.0 Å². The number of aromatic nitrogens is 2. The summed E-state index contributed by atoms with van der Waals surface area (Å²) in [6, 6.07) is 15.2. The van der Waals surface area contributed by atoms with Gasteiger partial charge in [-0.05, 0) is 42.8 Å². The van der Waals surface area contributed by atoms with Crippen LogP contribution in [0.5, 0.6) is 5.75 Å². The number of anilines is 1. The van der Waals surface area contributed by atoms with Gasteiger partial charge in [-0.3, -0.25) is 4.79 Å². The van der Waals surface area contributed by atoms with E-state index in [4.69, 9.17) is 4.74 Å². The molecular formula is C18H16BrN3O2. The summed E-state index contributed by atoms with van der Waals surface area (Å²) >= 11 is 3.41. The lowest BCUT2D eigenvalue weighted by atomic mass is 10.2. The van der Waals surface area contributed by atoms with Crippen molar-refractivity contribution in [3.63, 3.8) is 0 Å². The van der Waals surface area contributed by atoms with E-state index in [0.717, 1.165) is 21.4 Å². The summed E-state index contributed by atoms with van der Waals surface area (Å²) in [5, 5.41) is 7.24. The van der Waals surface area contributed by atoms with Gasteiger partial charge in [-0.25, -0.2) is 4.68 Å². The average Bonchev–Trinajstić information content (AvgIpc) is 3.02. The molecule has 3 rings (SSSR count). The Bertz CT molecular complexity index is 875. The molecule has 1 amide bonds. The molecule has 0 fully saturated rings. The molecule has 0 unspecified atom stereocenters. The molecule has 1 aromatic heterocycles. The average molecular weight is 386 g/mol. The number of benzene rings is 2. The van der Waals surface area contributed by atoms with Crippen LogP contribution in [0, 0.1) is 6.92 Å². The van der Waals surface area contributed by atoms with Crippen molar-refractivity contribution in [3.8, 4) is 11.4 Å². The fourth-order valence-corrected chi connectivity index (χ4v) is 2.80. The normalized spacial score (nSPS) is 10.5. The van der Waals surface area contributed by atoms with E-state index in [1.807, 2.05) is 55.5 Å². The van der Waals surface area contributed by atoms with Crippen LogP contribution in [-0.2, 0) is 0 Å². The number of rotatable bonds is 4. The zero-order valence-corrected chi connectivity index (χ0v) is 14.9. The summed E-state index contributed by atoms with van der Waals surface area (Å²) in [6.07, 6.45) is 1.69. The molecule has 0 aliphatic rings. The highest BCUT2D eigenvalue weighted by molar-refractivity contribution is 9.10. The van der Waals surface area contributed by atoms with Crippen molar-refractivity contribution < 1.29 is 9.53 Å². The second-order valence-electron chi connectivity index (χ2n) is 5.24. The van der Waals surface area contributed by atoms with E-state index in [-0.39, 0.29) is 11.6 Å². The van der Waals surface area contributed by atoms with Crippen molar-refractivity contribution >= 4 is 27.5 Å². The summed E-state index contributed by atoms with van der Waals surface area (Å²) in [5.74, 6) is 0.109. The minimum atomic E-state index is -0.313. The topological polar surface area (TPSA) is 56.2 Å². The highest BCUT2D eigenvalue weighted by Crippen LogP contribution is 2.23. The van der Waals surface area contributed by atoms with Crippen molar-refractivity contribution in [1.82, 2.24) is 9.78 Å². The van der Waals surface area contributed by atoms with Gasteiger partial charge in [0.25, 0.3) is 5.91 Å². The van der Waals surface area contributed by atoms with Crippen LogP contribution in [0.1, 0.15) is 16.1 Å². The Labute approximate surface area is 148 Å². The predicted molar refractivity (Wildman–Crippen MR) is 96.9 cm³/mol. The molecule has 0 spiro atoms. The molecular weight excluding hydrogens is 370 g/mol. The van der Waals surface area contributed by atoms with Crippen molar-refractivity contribution in [2.45, 2.75) is 6.92 Å². The monoisotopic (exact) mass is 385 g/mol. The number of ether oxygens (including phenoxy) is 1. The summed E-state index contributed by atoms with van der Waals surface area (Å²) < 4.78 is 7.89. The third-order valence-corrected chi connectivity index (χ3v) is 4.07. The van der Waals surface area contributed by atoms with Gasteiger partial charge >= 0.3 is 0 Å². The fourth-order valence-electron chi connectivity index (χ4n) is 2.33. The molecule has 5 nitrogen and oxygen atoms in total. The summed E-state index contributed by atoms with van der Waals surface area (Å²) in [6.45, 7) is 1.93. The summed E-state index contributed by atoms with van der Waals surface area (Å²) in [5.41, 5.74) is 2.79. The molecule has 0 saturated carbocycles. The Morgan fingerprint density at radius 3 is 2.62 bits per heavy atom. The highest BCUT2D eigenvalue weighted by atomic mass is 79.9. The van der Waals surface area contributed by atoms with E-state index in [1.54, 1.807) is 10.9 Å². The quantitative estimate of drug-likeness (QED) is 0.731. The number of halogens is 1. The van der Waals surface area contributed by atoms with Crippen molar-refractivity contribution in [3.05, 3.63) is 70.5 Å². The zero-order valence-electron chi connectivity index (χ0n) is 13.3. The van der Waals surface area contributed by atoms with Crippen LogP contribution in [0.4, 0.5) is 5.69 Å². The number of para-hydroxylation sites is 1. The summed E-state index contributed by atoms with van der Waals surface area (Å²) in [7, 11) is 1.52. The Hall–Kier alpha value is -2.60. The largest absolute Gasteiger partial charge is 0.493 e. The molecule has 0 aliphatic heterocycles. The standard InChI is InChI=1S/C18H16BrN3O2/c1-12-10-13(19)8-9-15(12)20-18(23)17-16(24-2)11-22(21-17)14-6-4-3-5-7-14/h3-11H,1-2H3,(H,20,23). The second kappa shape index (κ2) is 6.88. The number of methoxy groups -OCH3 is 1. The lowest BCUT2D eigenvalue weighted by Gasteiger charge is -2.08. The molecule has 0 aliphatic carbocycles. The molecule has 6 heteroatoms. The lowest BCUT2D eigenvalue weighted by molar-refractivity contribution is 0.101. The molecule has 0 radical (unpaired) electrons. The third kappa shape index (κ3) is 3.33. The van der Waals surface area contributed by atoms with Crippen LogP contribution >= 0.6 is 15.9 Å². The maximum atomic E-state index is 12.6. The van der Waals surface area contributed by atoms with Gasteiger partial charge in [-0.15, -0.1) is 0 Å². The first-order chi connectivity index (χ1) is 11.6.